The quantitative estimate of drug-likeness (QED) is 0.542. The summed E-state index contributed by atoms with van der Waals surface area (Å²) in [6.07, 6.45) is -5.08. The van der Waals surface area contributed by atoms with Gasteiger partial charge in [0.15, 0.2) is 0 Å². The molecule has 0 spiro atoms. The number of carbonyl (C=O) groups is 1. The predicted molar refractivity (Wildman–Crippen MR) is 84.9 cm³/mol. The van der Waals surface area contributed by atoms with Crippen LogP contribution < -0.4 is 0 Å². The van der Waals surface area contributed by atoms with Gasteiger partial charge in [0.05, 0.1) is 5.02 Å². The molecule has 120 valence electrons. The molecule has 0 aliphatic carbocycles. The number of aryl methyl sites for hydroxylation is 1. The fraction of sp³-hybridized carbons (Fsp3) is 0.118. The summed E-state index contributed by atoms with van der Waals surface area (Å²) in [4.78, 5) is 8.90. The number of carboxylic acid groups (broad SMARTS) is 1. The van der Waals surface area contributed by atoms with E-state index in [-0.39, 0.29) is 0 Å². The highest BCUT2D eigenvalue weighted by atomic mass is 35.5. The maximum atomic E-state index is 10.6. The molecule has 0 atom stereocenters. The maximum absolute atomic E-state index is 10.6. The molecule has 0 amide bonds. The lowest BCUT2D eigenvalue weighted by Gasteiger charge is -2.08. The lowest BCUT2D eigenvalue weighted by atomic mass is 10.0. The van der Waals surface area contributed by atoms with Gasteiger partial charge in [0.2, 0.25) is 0 Å². The lowest BCUT2D eigenvalue weighted by molar-refractivity contribution is -0.192. The molecule has 0 aliphatic heterocycles. The van der Waals surface area contributed by atoms with Crippen molar-refractivity contribution in [3.63, 3.8) is 0 Å². The van der Waals surface area contributed by atoms with E-state index in [2.05, 4.69) is 43.3 Å². The average molecular weight is 341 g/mol. The van der Waals surface area contributed by atoms with E-state index in [1.165, 1.54) is 21.7 Å². The molecule has 23 heavy (non-hydrogen) atoms. The Hall–Kier alpha value is -2.27. The van der Waals surface area contributed by atoms with Gasteiger partial charge in [0, 0.05) is 10.8 Å². The lowest BCUT2D eigenvalue weighted by Crippen LogP contribution is -2.21. The summed E-state index contributed by atoms with van der Waals surface area (Å²) in [5.41, 5.74) is 1.23. The zero-order valence-electron chi connectivity index (χ0n) is 12.0. The van der Waals surface area contributed by atoms with Crippen molar-refractivity contribution in [3.8, 4) is 0 Å². The first kappa shape index (κ1) is 17.1. The first-order chi connectivity index (χ1) is 10.7. The van der Waals surface area contributed by atoms with E-state index in [1.807, 2.05) is 12.1 Å². The van der Waals surface area contributed by atoms with E-state index in [1.54, 1.807) is 0 Å². The fourth-order valence-electron chi connectivity index (χ4n) is 2.24. The van der Waals surface area contributed by atoms with Crippen LogP contribution in [0.25, 0.3) is 21.5 Å². The van der Waals surface area contributed by atoms with Crippen molar-refractivity contribution in [2.75, 3.05) is 0 Å². The van der Waals surface area contributed by atoms with Gasteiger partial charge in [-0.15, -0.1) is 0 Å². The van der Waals surface area contributed by atoms with Crippen LogP contribution in [0, 0.1) is 6.92 Å². The molecule has 3 aromatic rings. The third kappa shape index (κ3) is 3.74. The van der Waals surface area contributed by atoms with Crippen LogP contribution in [0.2, 0.25) is 5.02 Å². The molecule has 1 N–H and O–H groups in total. The fourth-order valence-corrected chi connectivity index (χ4v) is 2.67. The normalized spacial score (nSPS) is 11.2. The number of aliphatic carboxylic acids is 1. The minimum Gasteiger partial charge on any atom is -0.475 e. The van der Waals surface area contributed by atoms with Gasteiger partial charge < -0.3 is 5.11 Å². The van der Waals surface area contributed by atoms with Gasteiger partial charge >= 0.3 is 12.1 Å². The molecule has 0 saturated heterocycles. The van der Waals surface area contributed by atoms with Gasteiger partial charge in [-0.2, -0.15) is 13.2 Å². The topological polar surface area (TPSA) is 37.3 Å². The maximum Gasteiger partial charge on any atom is 0.490 e. The Labute approximate surface area is 135 Å². The number of hydrogen-bond donors (Lipinski definition) is 1. The first-order valence-electron chi connectivity index (χ1n) is 6.58. The molecule has 0 heterocycles. The Morgan fingerprint density at radius 2 is 1.61 bits per heavy atom. The van der Waals surface area contributed by atoms with Crippen molar-refractivity contribution in [2.24, 2.45) is 0 Å². The summed E-state index contributed by atoms with van der Waals surface area (Å²) in [6.45, 7) is 2.10. The van der Waals surface area contributed by atoms with Crippen molar-refractivity contribution in [1.29, 1.82) is 0 Å². The predicted octanol–water partition coefficient (Wildman–Crippen LogP) is 5.59. The molecule has 0 unspecified atom stereocenters. The van der Waals surface area contributed by atoms with Crippen molar-refractivity contribution in [2.45, 2.75) is 13.1 Å². The zero-order valence-corrected chi connectivity index (χ0v) is 12.7. The van der Waals surface area contributed by atoms with Gasteiger partial charge in [-0.1, -0.05) is 54.1 Å². The Balaban J connectivity index is 0.000000236. The summed E-state index contributed by atoms with van der Waals surface area (Å²) < 4.78 is 31.7. The summed E-state index contributed by atoms with van der Waals surface area (Å²) in [7, 11) is 0. The van der Waals surface area contributed by atoms with E-state index in [0.29, 0.717) is 0 Å². The number of carboxylic acids is 1. The Bertz CT molecular complexity index is 873. The van der Waals surface area contributed by atoms with Gasteiger partial charge in [-0.25, -0.2) is 4.79 Å². The van der Waals surface area contributed by atoms with E-state index in [4.69, 9.17) is 21.5 Å². The number of fused-ring (bicyclic) bond motifs is 2. The van der Waals surface area contributed by atoms with Crippen molar-refractivity contribution in [3.05, 3.63) is 59.1 Å². The average Bonchev–Trinajstić information content (AvgIpc) is 2.47. The molecule has 0 radical (unpaired) electrons. The van der Waals surface area contributed by atoms with Gasteiger partial charge in [0.1, 0.15) is 0 Å². The number of rotatable bonds is 0. The molecule has 0 saturated carbocycles. The van der Waals surface area contributed by atoms with Crippen LogP contribution in [0.5, 0.6) is 0 Å². The third-order valence-electron chi connectivity index (χ3n) is 3.28. The molecule has 2 nitrogen and oxygen atoms in total. The SMILES string of the molecule is Cc1cccc2cc3ccccc3c(Cl)c12.O=C(O)C(F)(F)F. The number of hydrogen-bond acceptors (Lipinski definition) is 1. The van der Waals surface area contributed by atoms with Gasteiger partial charge in [-0.05, 0) is 29.3 Å². The molecule has 0 fully saturated rings. The van der Waals surface area contributed by atoms with Gasteiger partial charge in [0.25, 0.3) is 0 Å². The van der Waals surface area contributed by atoms with Crippen LogP contribution in [-0.4, -0.2) is 17.3 Å². The summed E-state index contributed by atoms with van der Waals surface area (Å²) in [6, 6.07) is 16.7. The summed E-state index contributed by atoms with van der Waals surface area (Å²) in [5, 5.41) is 12.7. The number of alkyl halides is 3. The van der Waals surface area contributed by atoms with Crippen LogP contribution in [-0.2, 0) is 4.79 Å². The molecule has 0 aromatic heterocycles. The molecule has 3 rings (SSSR count). The van der Waals surface area contributed by atoms with Crippen molar-refractivity contribution < 1.29 is 23.1 Å². The van der Waals surface area contributed by atoms with E-state index in [9.17, 15) is 13.2 Å². The second-order valence-electron chi connectivity index (χ2n) is 4.89. The van der Waals surface area contributed by atoms with Crippen LogP contribution in [0.3, 0.4) is 0 Å². The van der Waals surface area contributed by atoms with Crippen LogP contribution in [0.1, 0.15) is 5.56 Å². The summed E-state index contributed by atoms with van der Waals surface area (Å²) in [5.74, 6) is -2.76. The van der Waals surface area contributed by atoms with Gasteiger partial charge in [-0.3, -0.25) is 0 Å². The van der Waals surface area contributed by atoms with Crippen LogP contribution >= 0.6 is 11.6 Å². The first-order valence-corrected chi connectivity index (χ1v) is 6.96. The van der Waals surface area contributed by atoms with E-state index in [0.717, 1.165) is 10.4 Å². The molecule has 0 bridgehead atoms. The molecular formula is C17H12ClF3O2. The second-order valence-corrected chi connectivity index (χ2v) is 5.27. The Morgan fingerprint density at radius 1 is 1.04 bits per heavy atom. The van der Waals surface area contributed by atoms with E-state index >= 15 is 0 Å². The van der Waals surface area contributed by atoms with Crippen molar-refractivity contribution >= 4 is 39.1 Å². The van der Waals surface area contributed by atoms with Crippen LogP contribution in [0.15, 0.2) is 48.5 Å². The molecule has 3 aromatic carbocycles. The van der Waals surface area contributed by atoms with E-state index < -0.39 is 12.1 Å². The minimum atomic E-state index is -5.08. The number of halogens is 4. The Morgan fingerprint density at radius 3 is 2.22 bits per heavy atom. The smallest absolute Gasteiger partial charge is 0.475 e. The largest absolute Gasteiger partial charge is 0.490 e. The minimum absolute atomic E-state index is 0.867. The second kappa shape index (κ2) is 6.46. The highest BCUT2D eigenvalue weighted by molar-refractivity contribution is 6.41. The molecule has 6 heteroatoms. The summed E-state index contributed by atoms with van der Waals surface area (Å²) >= 11 is 6.48. The van der Waals surface area contributed by atoms with Crippen LogP contribution in [0.4, 0.5) is 13.2 Å². The number of benzene rings is 3. The standard InChI is InChI=1S/C15H11Cl.C2HF3O2/c1-10-5-4-7-12-9-11-6-2-3-8-13(11)15(16)14(10)12;3-2(4,5)1(6)7/h2-9H,1H3;(H,6,7). The Kier molecular flexibility index (Phi) is 4.80. The monoisotopic (exact) mass is 340 g/mol. The molecule has 0 aliphatic rings. The highest BCUT2D eigenvalue weighted by Gasteiger charge is 2.38. The zero-order chi connectivity index (χ0) is 17.2. The third-order valence-corrected chi connectivity index (χ3v) is 3.67. The molecular weight excluding hydrogens is 329 g/mol. The van der Waals surface area contributed by atoms with Crippen molar-refractivity contribution in [1.82, 2.24) is 0 Å². The highest BCUT2D eigenvalue weighted by Crippen LogP contribution is 2.33.